The maximum absolute atomic E-state index is 14.1. The van der Waals surface area contributed by atoms with Crippen LogP contribution in [-0.2, 0) is 30.3 Å². The van der Waals surface area contributed by atoms with Crippen LogP contribution in [0.15, 0.2) is 47.0 Å². The summed E-state index contributed by atoms with van der Waals surface area (Å²) < 4.78 is 13.6. The Morgan fingerprint density at radius 2 is 1.78 bits per heavy atom. The number of Topliss-reactive ketones (excluding diaryl/α,β-unsaturated/α-hetero) is 1. The van der Waals surface area contributed by atoms with E-state index in [9.17, 15) is 14.4 Å². The van der Waals surface area contributed by atoms with Crippen LogP contribution in [0.25, 0.3) is 0 Å². The van der Waals surface area contributed by atoms with E-state index in [4.69, 9.17) is 14.5 Å². The number of nitrogens with zero attached hydrogens (tertiary/aromatic N) is 3. The zero-order valence-corrected chi connectivity index (χ0v) is 30.1. The lowest BCUT2D eigenvalue weighted by molar-refractivity contribution is -0.466. The van der Waals surface area contributed by atoms with Gasteiger partial charge in [-0.1, -0.05) is 70.5 Å². The number of likely N-dealkylation sites (N-methyl/N-ethyl adjacent to an activating group) is 1. The number of benzene rings is 1. The third-order valence-corrected chi connectivity index (χ3v) is 10.7. The summed E-state index contributed by atoms with van der Waals surface area (Å²) in [6.07, 6.45) is 4.60. The maximum Gasteiger partial charge on any atom is 0.392 e. The van der Waals surface area contributed by atoms with Crippen LogP contribution in [0, 0.1) is 23.7 Å². The molecule has 1 heterocycles. The molecule has 2 amide bonds. The fourth-order valence-corrected chi connectivity index (χ4v) is 7.90. The molecule has 1 aliphatic carbocycles. The lowest BCUT2D eigenvalue weighted by atomic mass is 9.82. The van der Waals surface area contributed by atoms with E-state index < -0.39 is 18.1 Å². The molecule has 254 valence electrons. The third kappa shape index (κ3) is 9.48. The van der Waals surface area contributed by atoms with Crippen molar-refractivity contribution in [3.63, 3.8) is 0 Å². The van der Waals surface area contributed by atoms with Crippen LogP contribution in [-0.4, -0.2) is 96.7 Å². The van der Waals surface area contributed by atoms with Crippen LogP contribution in [0.2, 0.25) is 0 Å². The molecule has 0 bridgehead atoms. The van der Waals surface area contributed by atoms with Crippen molar-refractivity contribution in [1.82, 2.24) is 4.90 Å². The Morgan fingerprint density at radius 3 is 2.35 bits per heavy atom. The summed E-state index contributed by atoms with van der Waals surface area (Å²) in [6, 6.07) is 9.61. The predicted octanol–water partition coefficient (Wildman–Crippen LogP) is 5.86. The fourth-order valence-electron chi connectivity index (χ4n) is 6.92. The number of ketones is 1. The summed E-state index contributed by atoms with van der Waals surface area (Å²) >= 11 is 1.69. The Hall–Kier alpha value is -2.62. The highest BCUT2D eigenvalue weighted by atomic mass is 32.2. The first-order valence-electron chi connectivity index (χ1n) is 16.8. The molecule has 2 aliphatic rings. The van der Waals surface area contributed by atoms with Crippen LogP contribution < -0.4 is 0 Å². The van der Waals surface area contributed by atoms with Gasteiger partial charge in [0.2, 0.25) is 11.9 Å². The second kappa shape index (κ2) is 18.1. The molecule has 0 spiro atoms. The van der Waals surface area contributed by atoms with E-state index in [-0.39, 0.29) is 53.9 Å². The minimum atomic E-state index is -0.530. The molecule has 0 fully saturated rings. The largest absolute Gasteiger partial charge is 0.392 e. The fraction of sp³-hybridized carbons (Fsp3) is 0.649. The zero-order valence-electron chi connectivity index (χ0n) is 29.2. The number of aliphatic imine (C=N–C) groups is 1. The van der Waals surface area contributed by atoms with E-state index in [0.29, 0.717) is 18.4 Å². The number of hydrogen-bond acceptors (Lipinski definition) is 7. The minimum absolute atomic E-state index is 0.0146. The van der Waals surface area contributed by atoms with Crippen molar-refractivity contribution in [1.29, 1.82) is 0 Å². The molecule has 1 aromatic rings. The average Bonchev–Trinajstić information content (AvgIpc) is 3.76. The van der Waals surface area contributed by atoms with E-state index in [1.165, 1.54) is 0 Å². The smallest absolute Gasteiger partial charge is 0.380 e. The first-order valence-corrected chi connectivity index (χ1v) is 17.8. The zero-order chi connectivity index (χ0) is 34.0. The van der Waals surface area contributed by atoms with E-state index in [0.717, 1.165) is 42.2 Å². The maximum atomic E-state index is 14.1. The van der Waals surface area contributed by atoms with Crippen LogP contribution in [0.1, 0.15) is 72.3 Å². The molecular weight excluding hydrogens is 598 g/mol. The topological polar surface area (TPSA) is 88.3 Å². The number of ether oxygens (including phenoxy) is 2. The van der Waals surface area contributed by atoms with E-state index in [1.807, 2.05) is 52.1 Å². The SMILES string of the molecule is C=[N+](C(=O)C(C)C(OC)C1CCC=C1C(=O)CC(OC)C(C(C)CC)N(C)C(=O)CC(C)C)C(Cc1ccccc1)C1=NCCS1. The molecule has 46 heavy (non-hydrogen) atoms. The van der Waals surface area contributed by atoms with E-state index in [1.54, 1.807) is 35.5 Å². The molecule has 0 aromatic heterocycles. The van der Waals surface area contributed by atoms with Gasteiger partial charge < -0.3 is 14.4 Å². The molecule has 0 saturated carbocycles. The summed E-state index contributed by atoms with van der Waals surface area (Å²) in [5.74, 6) is 0.448. The Kier molecular flexibility index (Phi) is 14.9. The normalized spacial score (nSPS) is 20.3. The molecule has 7 unspecified atom stereocenters. The lowest BCUT2D eigenvalue weighted by Crippen LogP contribution is -2.50. The second-order valence-electron chi connectivity index (χ2n) is 13.3. The highest BCUT2D eigenvalue weighted by molar-refractivity contribution is 8.14. The van der Waals surface area contributed by atoms with Crippen molar-refractivity contribution >= 4 is 41.1 Å². The van der Waals surface area contributed by atoms with E-state index >= 15 is 0 Å². The van der Waals surface area contributed by atoms with Crippen molar-refractivity contribution < 1.29 is 28.4 Å². The van der Waals surface area contributed by atoms with Gasteiger partial charge in [-0.05, 0) is 42.7 Å². The third-order valence-electron chi connectivity index (χ3n) is 9.66. The van der Waals surface area contributed by atoms with Gasteiger partial charge in [-0.3, -0.25) is 14.6 Å². The molecule has 1 aromatic carbocycles. The molecule has 0 N–H and O–H groups in total. The van der Waals surface area contributed by atoms with Gasteiger partial charge in [-0.2, -0.15) is 4.58 Å². The minimum Gasteiger partial charge on any atom is -0.380 e. The molecule has 1 aliphatic heterocycles. The van der Waals surface area contributed by atoms with Crippen molar-refractivity contribution in [2.24, 2.45) is 28.7 Å². The summed E-state index contributed by atoms with van der Waals surface area (Å²) in [5.41, 5.74) is 1.81. The summed E-state index contributed by atoms with van der Waals surface area (Å²) in [5, 5.41) is 0.934. The van der Waals surface area contributed by atoms with Gasteiger partial charge in [0.25, 0.3) is 0 Å². The summed E-state index contributed by atoms with van der Waals surface area (Å²) in [4.78, 5) is 47.7. The molecule has 8 nitrogen and oxygen atoms in total. The molecule has 3 rings (SSSR count). The van der Waals surface area contributed by atoms with Crippen molar-refractivity contribution in [3.8, 4) is 0 Å². The molecular formula is C37H56N3O5S+. The van der Waals surface area contributed by atoms with Gasteiger partial charge in [0.05, 0.1) is 18.2 Å². The van der Waals surface area contributed by atoms with Gasteiger partial charge in [-0.15, -0.1) is 11.8 Å². The summed E-state index contributed by atoms with van der Waals surface area (Å²) in [6.45, 7) is 15.1. The number of thioether (sulfide) groups is 1. The number of amides is 2. The van der Waals surface area contributed by atoms with Gasteiger partial charge in [0.1, 0.15) is 17.7 Å². The van der Waals surface area contributed by atoms with Gasteiger partial charge in [0.15, 0.2) is 5.78 Å². The predicted molar refractivity (Wildman–Crippen MR) is 188 cm³/mol. The first-order chi connectivity index (χ1) is 21.9. The number of hydrogen-bond donors (Lipinski definition) is 0. The summed E-state index contributed by atoms with van der Waals surface area (Å²) in [7, 11) is 5.07. The first kappa shape index (κ1) is 37.8. The average molecular weight is 655 g/mol. The van der Waals surface area contributed by atoms with Gasteiger partial charge in [0, 0.05) is 58.7 Å². The quantitative estimate of drug-likeness (QED) is 0.146. The van der Waals surface area contributed by atoms with Crippen LogP contribution >= 0.6 is 11.8 Å². The van der Waals surface area contributed by atoms with Crippen molar-refractivity contribution in [2.75, 3.05) is 33.6 Å². The lowest BCUT2D eigenvalue weighted by Gasteiger charge is -2.38. The van der Waals surface area contributed by atoms with Gasteiger partial charge in [-0.25, -0.2) is 4.79 Å². The van der Waals surface area contributed by atoms with Crippen LogP contribution in [0.3, 0.4) is 0 Å². The Bertz CT molecular complexity index is 1260. The highest BCUT2D eigenvalue weighted by Crippen LogP contribution is 2.36. The number of rotatable bonds is 18. The van der Waals surface area contributed by atoms with E-state index in [2.05, 4.69) is 32.7 Å². The number of carbonyl (C=O) groups is 3. The number of carbonyl (C=O) groups excluding carboxylic acids is 3. The standard InChI is InChI=1S/C37H56N3O5S/c1-10-25(4)34(40(7)33(42)21-24(2)3)32(44-8)23-31(41)28-17-14-18-29(28)35(45-9)26(5)37(43)39(6)30(36-38-19-20-46-36)22-27-15-12-11-13-16-27/h11-13,15-17,24-26,29-30,32,34-35H,6,10,14,18-23H2,1-5,7-9H3/q+1. The van der Waals surface area contributed by atoms with Crippen molar-refractivity contribution in [3.05, 3.63) is 47.5 Å². The highest BCUT2D eigenvalue weighted by Gasteiger charge is 2.44. The Morgan fingerprint density at radius 1 is 1.09 bits per heavy atom. The van der Waals surface area contributed by atoms with Crippen LogP contribution in [0.5, 0.6) is 0 Å². The van der Waals surface area contributed by atoms with Gasteiger partial charge >= 0.3 is 5.91 Å². The number of allylic oxidation sites excluding steroid dienone is 1. The molecule has 7 atom stereocenters. The molecule has 0 saturated heterocycles. The Balaban J connectivity index is 1.79. The monoisotopic (exact) mass is 654 g/mol. The van der Waals surface area contributed by atoms with Crippen LogP contribution in [0.4, 0.5) is 0 Å². The second-order valence-corrected chi connectivity index (χ2v) is 14.4. The molecule has 0 radical (unpaired) electrons. The number of methoxy groups -OCH3 is 2. The Labute approximate surface area is 281 Å². The molecule has 9 heteroatoms. The van der Waals surface area contributed by atoms with Crippen molar-refractivity contribution in [2.45, 2.75) is 97.4 Å².